The lowest BCUT2D eigenvalue weighted by atomic mass is 10.1. The number of carbonyl (C=O) groups is 1. The molecule has 0 radical (unpaired) electrons. The lowest BCUT2D eigenvalue weighted by Gasteiger charge is -2.32. The fourth-order valence-electron chi connectivity index (χ4n) is 2.80. The first-order valence-corrected chi connectivity index (χ1v) is 9.05. The molecule has 0 spiro atoms. The van der Waals surface area contributed by atoms with Crippen molar-refractivity contribution in [3.05, 3.63) is 51.6 Å². The number of piperidine rings is 1. The smallest absolute Gasteiger partial charge is 0.358 e. The van der Waals surface area contributed by atoms with Crippen molar-refractivity contribution in [3.8, 4) is 0 Å². The lowest BCUT2D eigenvalue weighted by Crippen LogP contribution is -2.37. The van der Waals surface area contributed by atoms with Crippen LogP contribution < -0.4 is 4.90 Å². The van der Waals surface area contributed by atoms with Gasteiger partial charge in [0.25, 0.3) is 0 Å². The van der Waals surface area contributed by atoms with Gasteiger partial charge in [-0.1, -0.05) is 29.3 Å². The van der Waals surface area contributed by atoms with Crippen molar-refractivity contribution < 1.29 is 14.3 Å². The second-order valence-corrected chi connectivity index (χ2v) is 6.83. The number of nitrogens with zero attached hydrogens (tertiary/aromatic N) is 3. The van der Waals surface area contributed by atoms with Gasteiger partial charge in [0, 0.05) is 13.1 Å². The van der Waals surface area contributed by atoms with E-state index in [9.17, 15) is 4.79 Å². The quantitative estimate of drug-likeness (QED) is 0.718. The Morgan fingerprint density at radius 3 is 2.54 bits per heavy atom. The van der Waals surface area contributed by atoms with Crippen LogP contribution in [0.4, 0.5) is 5.82 Å². The summed E-state index contributed by atoms with van der Waals surface area (Å²) >= 11 is 12.0. The van der Waals surface area contributed by atoms with Crippen molar-refractivity contribution in [1.82, 2.24) is 10.2 Å². The van der Waals surface area contributed by atoms with Crippen molar-refractivity contribution in [2.45, 2.75) is 25.6 Å². The van der Waals surface area contributed by atoms with E-state index in [0.717, 1.165) is 37.3 Å². The highest BCUT2D eigenvalue weighted by molar-refractivity contribution is 6.42. The van der Waals surface area contributed by atoms with Gasteiger partial charge in [0.2, 0.25) is 0 Å². The van der Waals surface area contributed by atoms with Crippen LogP contribution in [0, 0.1) is 0 Å². The van der Waals surface area contributed by atoms with Crippen LogP contribution in [0.1, 0.15) is 28.9 Å². The van der Waals surface area contributed by atoms with Crippen LogP contribution in [0.3, 0.4) is 0 Å². The molecule has 0 amide bonds. The molecular formula is C18H19Cl2N3O3. The summed E-state index contributed by atoms with van der Waals surface area (Å²) < 4.78 is 10.6. The predicted octanol–water partition coefficient (Wildman–Crippen LogP) is 3.76. The molecule has 2 heterocycles. The molecule has 0 atom stereocenters. The van der Waals surface area contributed by atoms with Crippen molar-refractivity contribution in [1.29, 1.82) is 0 Å². The minimum atomic E-state index is -0.488. The van der Waals surface area contributed by atoms with Gasteiger partial charge in [-0.05, 0) is 42.7 Å². The summed E-state index contributed by atoms with van der Waals surface area (Å²) in [5.74, 6) is 0.263. The van der Waals surface area contributed by atoms with E-state index in [1.54, 1.807) is 18.2 Å². The molecule has 1 aliphatic heterocycles. The van der Waals surface area contributed by atoms with E-state index in [4.69, 9.17) is 27.9 Å². The first-order valence-electron chi connectivity index (χ1n) is 8.29. The Balaban J connectivity index is 1.49. The summed E-state index contributed by atoms with van der Waals surface area (Å²) in [5, 5.41) is 9.11. The topological polar surface area (TPSA) is 64.5 Å². The molecule has 0 bridgehead atoms. The van der Waals surface area contributed by atoms with Gasteiger partial charge in [0.1, 0.15) is 0 Å². The Labute approximate surface area is 162 Å². The van der Waals surface area contributed by atoms with E-state index in [1.165, 1.54) is 7.11 Å². The van der Waals surface area contributed by atoms with Gasteiger partial charge in [-0.2, -0.15) is 0 Å². The largest absolute Gasteiger partial charge is 0.464 e. The third-order valence-corrected chi connectivity index (χ3v) is 5.02. The third kappa shape index (κ3) is 4.63. The summed E-state index contributed by atoms with van der Waals surface area (Å²) in [4.78, 5) is 13.5. The summed E-state index contributed by atoms with van der Waals surface area (Å²) in [7, 11) is 1.32. The van der Waals surface area contributed by atoms with Crippen LogP contribution in [0.25, 0.3) is 0 Å². The first kappa shape index (κ1) is 18.9. The number of rotatable bonds is 5. The molecule has 6 nitrogen and oxygen atoms in total. The minimum Gasteiger partial charge on any atom is -0.464 e. The zero-order chi connectivity index (χ0) is 18.5. The minimum absolute atomic E-state index is 0.183. The summed E-state index contributed by atoms with van der Waals surface area (Å²) in [6.45, 7) is 2.14. The zero-order valence-corrected chi connectivity index (χ0v) is 15.8. The number of esters is 1. The second-order valence-electron chi connectivity index (χ2n) is 6.01. The van der Waals surface area contributed by atoms with Gasteiger partial charge < -0.3 is 14.4 Å². The Bertz CT molecular complexity index is 763. The van der Waals surface area contributed by atoms with Gasteiger partial charge in [-0.15, -0.1) is 10.2 Å². The van der Waals surface area contributed by atoms with Gasteiger partial charge in [-0.25, -0.2) is 4.79 Å². The van der Waals surface area contributed by atoms with Gasteiger partial charge in [0.05, 0.1) is 29.9 Å². The van der Waals surface area contributed by atoms with E-state index >= 15 is 0 Å². The predicted molar refractivity (Wildman–Crippen MR) is 99.9 cm³/mol. The fourth-order valence-corrected chi connectivity index (χ4v) is 3.12. The molecule has 3 rings (SSSR count). The standard InChI is InChI=1S/C18H19Cl2N3O3/c1-25-18(24)16-4-5-17(22-21-16)23-8-6-13(7-9-23)26-11-12-2-3-14(19)15(20)10-12/h2-5,10,13H,6-9,11H2,1H3. The summed E-state index contributed by atoms with van der Waals surface area (Å²) in [6, 6.07) is 8.94. The Kier molecular flexibility index (Phi) is 6.29. The van der Waals surface area contributed by atoms with Crippen molar-refractivity contribution in [2.24, 2.45) is 0 Å². The number of benzene rings is 1. The first-order chi connectivity index (χ1) is 12.6. The zero-order valence-electron chi connectivity index (χ0n) is 14.3. The van der Waals surface area contributed by atoms with Crippen LogP contribution in [0.2, 0.25) is 10.0 Å². The van der Waals surface area contributed by atoms with E-state index < -0.39 is 5.97 Å². The second kappa shape index (κ2) is 8.66. The molecule has 1 saturated heterocycles. The van der Waals surface area contributed by atoms with Crippen molar-refractivity contribution in [3.63, 3.8) is 0 Å². The molecule has 8 heteroatoms. The van der Waals surface area contributed by atoms with Crippen LogP contribution in [0.15, 0.2) is 30.3 Å². The average molecular weight is 396 g/mol. The molecule has 0 unspecified atom stereocenters. The Morgan fingerprint density at radius 1 is 1.15 bits per heavy atom. The van der Waals surface area contributed by atoms with Crippen molar-refractivity contribution in [2.75, 3.05) is 25.1 Å². The van der Waals surface area contributed by atoms with Gasteiger partial charge in [0.15, 0.2) is 11.5 Å². The highest BCUT2D eigenvalue weighted by atomic mass is 35.5. The number of methoxy groups -OCH3 is 1. The molecule has 0 aliphatic carbocycles. The number of carbonyl (C=O) groups excluding carboxylic acids is 1. The normalized spacial score (nSPS) is 15.1. The van der Waals surface area contributed by atoms with E-state index in [2.05, 4.69) is 19.8 Å². The van der Waals surface area contributed by atoms with Crippen LogP contribution in [-0.4, -0.2) is 42.5 Å². The average Bonchev–Trinajstić information content (AvgIpc) is 2.69. The molecule has 0 N–H and O–H groups in total. The molecule has 1 aromatic carbocycles. The molecule has 26 heavy (non-hydrogen) atoms. The number of anilines is 1. The highest BCUT2D eigenvalue weighted by Crippen LogP contribution is 2.24. The molecule has 1 fully saturated rings. The number of ether oxygens (including phenoxy) is 2. The number of hydrogen-bond acceptors (Lipinski definition) is 6. The van der Waals surface area contributed by atoms with E-state index in [0.29, 0.717) is 16.7 Å². The maximum atomic E-state index is 11.4. The number of hydrogen-bond donors (Lipinski definition) is 0. The molecule has 0 saturated carbocycles. The fraction of sp³-hybridized carbons (Fsp3) is 0.389. The molecule has 2 aromatic rings. The molecule has 1 aromatic heterocycles. The molecule has 138 valence electrons. The third-order valence-electron chi connectivity index (χ3n) is 4.28. The molecule has 1 aliphatic rings. The highest BCUT2D eigenvalue weighted by Gasteiger charge is 2.21. The number of aromatic nitrogens is 2. The SMILES string of the molecule is COC(=O)c1ccc(N2CCC(OCc3ccc(Cl)c(Cl)c3)CC2)nn1. The van der Waals surface area contributed by atoms with Crippen LogP contribution in [0.5, 0.6) is 0 Å². The Morgan fingerprint density at radius 2 is 1.92 bits per heavy atom. The van der Waals surface area contributed by atoms with Crippen LogP contribution >= 0.6 is 23.2 Å². The molecular weight excluding hydrogens is 377 g/mol. The Hall–Kier alpha value is -1.89. The van der Waals surface area contributed by atoms with Crippen molar-refractivity contribution >= 4 is 35.0 Å². The van der Waals surface area contributed by atoms with Gasteiger partial charge >= 0.3 is 5.97 Å². The summed E-state index contributed by atoms with van der Waals surface area (Å²) in [5.41, 5.74) is 1.21. The number of halogens is 2. The van der Waals surface area contributed by atoms with Crippen LogP contribution in [-0.2, 0) is 16.1 Å². The maximum absolute atomic E-state index is 11.4. The van der Waals surface area contributed by atoms with E-state index in [1.807, 2.05) is 12.1 Å². The maximum Gasteiger partial charge on any atom is 0.358 e. The van der Waals surface area contributed by atoms with Gasteiger partial charge in [-0.3, -0.25) is 0 Å². The monoisotopic (exact) mass is 395 g/mol. The summed E-state index contributed by atoms with van der Waals surface area (Å²) in [6.07, 6.45) is 1.96. The lowest BCUT2D eigenvalue weighted by molar-refractivity contribution is 0.0250. The van der Waals surface area contributed by atoms with E-state index in [-0.39, 0.29) is 11.8 Å².